The second-order valence-electron chi connectivity index (χ2n) is 13.8. The molecule has 0 spiro atoms. The van der Waals surface area contributed by atoms with Crippen molar-refractivity contribution in [2.24, 2.45) is 5.92 Å². The highest BCUT2D eigenvalue weighted by atomic mass is 16.6. The summed E-state index contributed by atoms with van der Waals surface area (Å²) < 4.78 is 11.1. The Morgan fingerprint density at radius 3 is 2.06 bits per heavy atom. The number of nitrogens with zero attached hydrogens (tertiary/aromatic N) is 3. The lowest BCUT2D eigenvalue weighted by Crippen LogP contribution is -2.36. The first-order chi connectivity index (χ1) is 23.5. The summed E-state index contributed by atoms with van der Waals surface area (Å²) in [6.45, 7) is 10.6. The second kappa shape index (κ2) is 14.4. The van der Waals surface area contributed by atoms with Gasteiger partial charge in [0.05, 0.1) is 23.5 Å². The average Bonchev–Trinajstić information content (AvgIpc) is 3.88. The average molecular weight is 661 g/mol. The maximum atomic E-state index is 12.8. The Labute approximate surface area is 287 Å². The molecule has 1 aliphatic heterocycles. The molecule has 2 amide bonds. The number of carbonyl (C=O) groups excluding carboxylic acids is 2. The van der Waals surface area contributed by atoms with Crippen molar-refractivity contribution in [3.05, 3.63) is 108 Å². The molecule has 2 atom stereocenters. The number of aromatic nitrogens is 4. The first-order valence-electron chi connectivity index (χ1n) is 16.8. The molecule has 1 aliphatic rings. The molecule has 1 saturated heterocycles. The Kier molecular flexibility index (Phi) is 9.85. The zero-order valence-electron chi connectivity index (χ0n) is 28.7. The number of aromatic amines is 2. The number of hydrogen-bond acceptors (Lipinski definition) is 6. The largest absolute Gasteiger partial charge is 0.445 e. The molecule has 5 aromatic rings. The van der Waals surface area contributed by atoms with Crippen LogP contribution in [0.4, 0.5) is 9.59 Å². The van der Waals surface area contributed by atoms with Gasteiger partial charge in [0, 0.05) is 30.1 Å². The van der Waals surface area contributed by atoms with Gasteiger partial charge < -0.3 is 24.8 Å². The molecule has 10 nitrogen and oxygen atoms in total. The Hall–Kier alpha value is -5.38. The van der Waals surface area contributed by atoms with E-state index in [1.807, 2.05) is 89.5 Å². The van der Waals surface area contributed by atoms with Crippen LogP contribution >= 0.6 is 0 Å². The van der Waals surface area contributed by atoms with Gasteiger partial charge in [-0.2, -0.15) is 0 Å². The third-order valence-electron chi connectivity index (χ3n) is 8.53. The highest BCUT2D eigenvalue weighted by Gasteiger charge is 2.35. The molecule has 3 heterocycles. The molecule has 1 unspecified atom stereocenters. The highest BCUT2D eigenvalue weighted by Crippen LogP contribution is 2.33. The van der Waals surface area contributed by atoms with E-state index in [4.69, 9.17) is 19.4 Å². The van der Waals surface area contributed by atoms with Crippen molar-refractivity contribution in [3.63, 3.8) is 0 Å². The Morgan fingerprint density at radius 2 is 1.45 bits per heavy atom. The number of amides is 2. The zero-order chi connectivity index (χ0) is 34.5. The van der Waals surface area contributed by atoms with Crippen LogP contribution in [0, 0.1) is 5.92 Å². The molecule has 0 radical (unpaired) electrons. The van der Waals surface area contributed by atoms with Crippen LogP contribution in [0.5, 0.6) is 0 Å². The minimum Gasteiger partial charge on any atom is -0.445 e. The van der Waals surface area contributed by atoms with Gasteiger partial charge in [-0.3, -0.25) is 4.90 Å². The summed E-state index contributed by atoms with van der Waals surface area (Å²) in [7, 11) is 0. The predicted octanol–water partition coefficient (Wildman–Crippen LogP) is 8.83. The van der Waals surface area contributed by atoms with Crippen molar-refractivity contribution < 1.29 is 19.1 Å². The van der Waals surface area contributed by atoms with Gasteiger partial charge in [-0.15, -0.1) is 0 Å². The summed E-state index contributed by atoms with van der Waals surface area (Å²) in [4.78, 5) is 43.4. The number of ether oxygens (including phenoxy) is 2. The number of alkyl carbamates (subject to hydrolysis) is 1. The van der Waals surface area contributed by atoms with Gasteiger partial charge in [0.2, 0.25) is 0 Å². The summed E-state index contributed by atoms with van der Waals surface area (Å²) >= 11 is 0. The molecule has 6 rings (SSSR count). The topological polar surface area (TPSA) is 125 Å². The normalized spacial score (nSPS) is 15.3. The number of carbonyl (C=O) groups is 2. The number of likely N-dealkylation sites (tertiary alicyclic amines) is 1. The molecule has 254 valence electrons. The highest BCUT2D eigenvalue weighted by molar-refractivity contribution is 5.72. The van der Waals surface area contributed by atoms with E-state index in [9.17, 15) is 9.59 Å². The van der Waals surface area contributed by atoms with Crippen molar-refractivity contribution in [1.82, 2.24) is 30.2 Å². The van der Waals surface area contributed by atoms with E-state index in [1.165, 1.54) is 0 Å². The predicted molar refractivity (Wildman–Crippen MR) is 189 cm³/mol. The van der Waals surface area contributed by atoms with E-state index in [0.29, 0.717) is 12.4 Å². The number of H-pyrrole nitrogens is 2. The summed E-state index contributed by atoms with van der Waals surface area (Å²) in [6.07, 6.45) is 4.74. The first kappa shape index (κ1) is 33.5. The quantitative estimate of drug-likeness (QED) is 0.145. The smallest absolute Gasteiger partial charge is 0.410 e. The number of rotatable bonds is 9. The lowest BCUT2D eigenvalue weighted by molar-refractivity contribution is 0.0218. The van der Waals surface area contributed by atoms with Gasteiger partial charge in [0.25, 0.3) is 0 Å². The van der Waals surface area contributed by atoms with Crippen LogP contribution < -0.4 is 5.32 Å². The van der Waals surface area contributed by atoms with Crippen LogP contribution in [0.2, 0.25) is 0 Å². The first-order valence-corrected chi connectivity index (χ1v) is 16.8. The fourth-order valence-electron chi connectivity index (χ4n) is 6.00. The van der Waals surface area contributed by atoms with E-state index in [2.05, 4.69) is 51.7 Å². The number of nitrogens with one attached hydrogen (secondary N) is 3. The molecule has 10 heteroatoms. The molecule has 0 bridgehead atoms. The van der Waals surface area contributed by atoms with E-state index in [0.717, 1.165) is 57.9 Å². The number of imidazole rings is 2. The van der Waals surface area contributed by atoms with Crippen LogP contribution in [-0.4, -0.2) is 49.2 Å². The van der Waals surface area contributed by atoms with Crippen LogP contribution in [-0.2, 0) is 16.1 Å². The van der Waals surface area contributed by atoms with E-state index in [1.54, 1.807) is 4.90 Å². The minimum absolute atomic E-state index is 0.0938. The van der Waals surface area contributed by atoms with Crippen molar-refractivity contribution in [2.75, 3.05) is 6.54 Å². The molecule has 49 heavy (non-hydrogen) atoms. The van der Waals surface area contributed by atoms with Crippen molar-refractivity contribution in [3.8, 4) is 33.6 Å². The Morgan fingerprint density at radius 1 is 0.857 bits per heavy atom. The molecular formula is C39H44N6O4. The molecule has 0 aliphatic carbocycles. The lowest BCUT2D eigenvalue weighted by atomic mass is 10.0. The maximum absolute atomic E-state index is 12.8. The number of benzene rings is 3. The van der Waals surface area contributed by atoms with Crippen LogP contribution in [0.25, 0.3) is 33.6 Å². The van der Waals surface area contributed by atoms with E-state index < -0.39 is 11.7 Å². The Bertz CT molecular complexity index is 1860. The molecular weight excluding hydrogens is 616 g/mol. The van der Waals surface area contributed by atoms with Crippen molar-refractivity contribution in [1.29, 1.82) is 0 Å². The third kappa shape index (κ3) is 8.20. The van der Waals surface area contributed by atoms with Crippen LogP contribution in [0.3, 0.4) is 0 Å². The SMILES string of the molecule is CC(C)[C@H](NC(=O)OCc1ccccc1)c1nc(-c2ccc(-c3ccc(-c4c[nH]c(C5CCCN5C(=O)OC(C)(C)C)n4)cc3)cc2)c[nH]1. The lowest BCUT2D eigenvalue weighted by Gasteiger charge is -2.27. The van der Waals surface area contributed by atoms with Gasteiger partial charge in [0.15, 0.2) is 0 Å². The van der Waals surface area contributed by atoms with E-state index >= 15 is 0 Å². The number of hydrogen-bond donors (Lipinski definition) is 3. The van der Waals surface area contributed by atoms with Crippen LogP contribution in [0.15, 0.2) is 91.3 Å². The molecule has 3 N–H and O–H groups in total. The van der Waals surface area contributed by atoms with Gasteiger partial charge in [-0.05, 0) is 56.2 Å². The molecule has 1 fully saturated rings. The van der Waals surface area contributed by atoms with E-state index in [-0.39, 0.29) is 30.7 Å². The Balaban J connectivity index is 1.08. The second-order valence-corrected chi connectivity index (χ2v) is 13.8. The fraction of sp³-hybridized carbons (Fsp3) is 0.333. The molecule has 0 saturated carbocycles. The zero-order valence-corrected chi connectivity index (χ0v) is 28.7. The summed E-state index contributed by atoms with van der Waals surface area (Å²) in [5, 5.41) is 2.96. The maximum Gasteiger partial charge on any atom is 0.410 e. The van der Waals surface area contributed by atoms with Crippen molar-refractivity contribution in [2.45, 2.75) is 71.8 Å². The van der Waals surface area contributed by atoms with Crippen LogP contribution in [0.1, 0.15) is 76.8 Å². The summed E-state index contributed by atoms with van der Waals surface area (Å²) in [6, 6.07) is 25.7. The monoisotopic (exact) mass is 660 g/mol. The summed E-state index contributed by atoms with van der Waals surface area (Å²) in [5.41, 5.74) is 6.14. The van der Waals surface area contributed by atoms with Crippen molar-refractivity contribution >= 4 is 12.2 Å². The molecule has 2 aromatic heterocycles. The van der Waals surface area contributed by atoms with Gasteiger partial charge in [0.1, 0.15) is 23.9 Å². The fourth-order valence-corrected chi connectivity index (χ4v) is 6.00. The third-order valence-corrected chi connectivity index (χ3v) is 8.53. The molecule has 3 aromatic carbocycles. The van der Waals surface area contributed by atoms with Gasteiger partial charge >= 0.3 is 12.2 Å². The minimum atomic E-state index is -0.542. The van der Waals surface area contributed by atoms with Gasteiger partial charge in [-0.1, -0.05) is 92.7 Å². The summed E-state index contributed by atoms with van der Waals surface area (Å²) in [5.74, 6) is 1.54. The van der Waals surface area contributed by atoms with Gasteiger partial charge in [-0.25, -0.2) is 19.6 Å². The standard InChI is InChI=1S/C39H44N6O4/c1-25(2)34(44-37(46)48-24-26-10-7-6-8-11-26)36-41-23-32(43-36)30-19-15-28(16-20-30)27-13-17-29(18-14-27)31-22-40-35(42-31)33-12-9-21-45(33)38(47)49-39(3,4)5/h6-8,10-11,13-20,22-23,25,33-34H,9,12,21,24H2,1-5H3,(H,40,42)(H,41,43)(H,44,46)/t33?,34-/m0/s1.